The molecule has 1 N–H and O–H groups in total. The number of thiazole rings is 1. The van der Waals surface area contributed by atoms with Crippen molar-refractivity contribution in [2.24, 2.45) is 5.92 Å². The Balaban J connectivity index is 1.12. The van der Waals surface area contributed by atoms with Gasteiger partial charge in [-0.2, -0.15) is 0 Å². The van der Waals surface area contributed by atoms with Crippen molar-refractivity contribution in [1.82, 2.24) is 29.5 Å². The van der Waals surface area contributed by atoms with E-state index < -0.39 is 5.92 Å². The van der Waals surface area contributed by atoms with Crippen LogP contribution in [0, 0.1) is 5.92 Å². The van der Waals surface area contributed by atoms with E-state index >= 15 is 0 Å². The van der Waals surface area contributed by atoms with Crippen molar-refractivity contribution < 1.29 is 19.1 Å². The number of imidazole rings is 1. The van der Waals surface area contributed by atoms with Crippen LogP contribution in [0.25, 0.3) is 15.9 Å². The lowest BCUT2D eigenvalue weighted by molar-refractivity contribution is -0.125. The van der Waals surface area contributed by atoms with Crippen molar-refractivity contribution in [2.75, 3.05) is 39.3 Å². The fourth-order valence-corrected chi connectivity index (χ4v) is 6.70. The summed E-state index contributed by atoms with van der Waals surface area (Å²) in [6.45, 7) is 2.23. The summed E-state index contributed by atoms with van der Waals surface area (Å²) >= 11 is 1.50. The van der Waals surface area contributed by atoms with Gasteiger partial charge in [0.15, 0.2) is 0 Å². The van der Waals surface area contributed by atoms with Crippen LogP contribution < -0.4 is 10.1 Å². The standard InChI is InChI=1S/C32H30N6O4S/c39-30-25-18-38(31(40)22-8-9-26-28(16-22)43-20-34-26)17-24(25)21-5-3-6-23(15-21)42-14-4-12-36(13-10-33-30)32(41)27-19-37-11-2-1-7-29(37)35-27/h1-3,5-9,11,15-16,19-20,24-25H,4,10,12-14,17-18H2,(H,33,39)/t24-,25+/m1/s1. The zero-order valence-corrected chi connectivity index (χ0v) is 24.2. The molecule has 3 amide bonds. The number of carbonyl (C=O) groups is 3. The molecule has 0 aliphatic carbocycles. The number of nitrogens with one attached hydrogen (secondary N) is 1. The molecule has 2 aliphatic heterocycles. The molecule has 2 aromatic carbocycles. The van der Waals surface area contributed by atoms with Crippen molar-refractivity contribution in [3.05, 3.63) is 95.4 Å². The zero-order chi connectivity index (χ0) is 29.3. The van der Waals surface area contributed by atoms with Gasteiger partial charge in [0.1, 0.15) is 17.1 Å². The molecule has 218 valence electrons. The first-order valence-electron chi connectivity index (χ1n) is 14.4. The molecule has 11 heteroatoms. The molecule has 1 saturated heterocycles. The van der Waals surface area contributed by atoms with Gasteiger partial charge in [0.25, 0.3) is 11.8 Å². The van der Waals surface area contributed by atoms with Gasteiger partial charge >= 0.3 is 0 Å². The number of pyridine rings is 1. The maximum absolute atomic E-state index is 13.7. The van der Waals surface area contributed by atoms with Crippen LogP contribution in [-0.4, -0.2) is 81.2 Å². The molecular formula is C32H30N6O4S. The predicted molar refractivity (Wildman–Crippen MR) is 162 cm³/mol. The number of ether oxygens (including phenoxy) is 1. The van der Waals surface area contributed by atoms with Crippen LogP contribution in [-0.2, 0) is 4.79 Å². The minimum Gasteiger partial charge on any atom is -0.494 e. The largest absolute Gasteiger partial charge is 0.494 e. The fourth-order valence-electron chi connectivity index (χ4n) is 5.98. The van der Waals surface area contributed by atoms with Crippen LogP contribution in [0.1, 0.15) is 38.7 Å². The summed E-state index contributed by atoms with van der Waals surface area (Å²) < 4.78 is 8.85. The van der Waals surface area contributed by atoms with Gasteiger partial charge in [-0.1, -0.05) is 18.2 Å². The van der Waals surface area contributed by atoms with Gasteiger partial charge < -0.3 is 24.3 Å². The molecule has 2 aliphatic rings. The van der Waals surface area contributed by atoms with Gasteiger partial charge in [0.2, 0.25) is 5.91 Å². The molecule has 5 heterocycles. The molecule has 0 spiro atoms. The number of amides is 3. The van der Waals surface area contributed by atoms with Gasteiger partial charge in [0.05, 0.1) is 28.3 Å². The molecule has 0 radical (unpaired) electrons. The van der Waals surface area contributed by atoms with Crippen molar-refractivity contribution >= 4 is 44.9 Å². The Morgan fingerprint density at radius 3 is 2.77 bits per heavy atom. The first kappa shape index (κ1) is 27.1. The second-order valence-corrected chi connectivity index (χ2v) is 11.8. The van der Waals surface area contributed by atoms with E-state index in [2.05, 4.69) is 15.3 Å². The van der Waals surface area contributed by atoms with E-state index in [0.29, 0.717) is 61.9 Å². The Hall–Kier alpha value is -4.77. The number of hydrogen-bond donors (Lipinski definition) is 1. The highest BCUT2D eigenvalue weighted by Gasteiger charge is 2.41. The lowest BCUT2D eigenvalue weighted by Crippen LogP contribution is -2.42. The monoisotopic (exact) mass is 594 g/mol. The highest BCUT2D eigenvalue weighted by molar-refractivity contribution is 7.16. The first-order chi connectivity index (χ1) is 21.0. The van der Waals surface area contributed by atoms with Gasteiger partial charge in [0, 0.05) is 56.6 Å². The first-order valence-corrected chi connectivity index (χ1v) is 15.3. The van der Waals surface area contributed by atoms with Crippen molar-refractivity contribution in [3.63, 3.8) is 0 Å². The highest BCUT2D eigenvalue weighted by atomic mass is 32.1. The number of likely N-dealkylation sites (tertiary alicyclic amines) is 1. The number of benzene rings is 2. The maximum atomic E-state index is 13.7. The number of aromatic nitrogens is 3. The fraction of sp³-hybridized carbons (Fsp3) is 0.281. The van der Waals surface area contributed by atoms with Crippen molar-refractivity contribution in [1.29, 1.82) is 0 Å². The van der Waals surface area contributed by atoms with Crippen LogP contribution in [0.3, 0.4) is 0 Å². The summed E-state index contributed by atoms with van der Waals surface area (Å²) in [4.78, 5) is 53.0. The van der Waals surface area contributed by atoms with E-state index in [9.17, 15) is 14.4 Å². The van der Waals surface area contributed by atoms with Gasteiger partial charge in [-0.05, 0) is 54.4 Å². The molecule has 43 heavy (non-hydrogen) atoms. The third-order valence-corrected chi connectivity index (χ3v) is 8.99. The maximum Gasteiger partial charge on any atom is 0.274 e. The minimum absolute atomic E-state index is 0.106. The van der Waals surface area contributed by atoms with Gasteiger partial charge in [-0.15, -0.1) is 11.3 Å². The Morgan fingerprint density at radius 1 is 0.953 bits per heavy atom. The number of carbonyl (C=O) groups excluding carboxylic acids is 3. The van der Waals surface area contributed by atoms with Crippen LogP contribution in [0.15, 0.2) is 78.6 Å². The van der Waals surface area contributed by atoms with E-state index in [-0.39, 0.29) is 30.2 Å². The third-order valence-electron chi connectivity index (χ3n) is 8.20. The highest BCUT2D eigenvalue weighted by Crippen LogP contribution is 2.35. The number of rotatable bonds is 2. The van der Waals surface area contributed by atoms with E-state index in [0.717, 1.165) is 15.8 Å². The molecule has 10 nitrogen and oxygen atoms in total. The topological polar surface area (TPSA) is 109 Å². The molecule has 0 unspecified atom stereocenters. The Morgan fingerprint density at radius 2 is 1.86 bits per heavy atom. The van der Waals surface area contributed by atoms with E-state index in [1.165, 1.54) is 11.3 Å². The molecule has 1 fully saturated rings. The average molecular weight is 595 g/mol. The Labute approximate surface area is 251 Å². The van der Waals surface area contributed by atoms with Crippen LogP contribution in [0.2, 0.25) is 0 Å². The molecule has 5 aromatic rings. The van der Waals surface area contributed by atoms with Crippen molar-refractivity contribution in [2.45, 2.75) is 12.3 Å². The number of fused-ring (bicyclic) bond motifs is 6. The molecular weight excluding hydrogens is 564 g/mol. The van der Waals surface area contributed by atoms with Crippen molar-refractivity contribution in [3.8, 4) is 5.75 Å². The quantitative estimate of drug-likeness (QED) is 0.333. The summed E-state index contributed by atoms with van der Waals surface area (Å²) in [5, 5.41) is 3.06. The van der Waals surface area contributed by atoms with E-state index in [4.69, 9.17) is 4.74 Å². The average Bonchev–Trinajstić information content (AvgIpc) is 3.79. The molecule has 2 bridgehead atoms. The molecule has 7 rings (SSSR count). The summed E-state index contributed by atoms with van der Waals surface area (Å²) in [5.74, 6) is -0.380. The number of nitrogens with zero attached hydrogens (tertiary/aromatic N) is 5. The third kappa shape index (κ3) is 5.43. The lowest BCUT2D eigenvalue weighted by Gasteiger charge is -2.24. The molecule has 0 saturated carbocycles. The van der Waals surface area contributed by atoms with Gasteiger partial charge in [-0.25, -0.2) is 9.97 Å². The smallest absolute Gasteiger partial charge is 0.274 e. The van der Waals surface area contributed by atoms with Crippen LogP contribution in [0.5, 0.6) is 5.75 Å². The lowest BCUT2D eigenvalue weighted by atomic mass is 9.88. The molecule has 2 atom stereocenters. The Bertz CT molecular complexity index is 1800. The van der Waals surface area contributed by atoms with E-state index in [1.807, 2.05) is 65.2 Å². The summed E-state index contributed by atoms with van der Waals surface area (Å²) in [6.07, 6.45) is 4.20. The summed E-state index contributed by atoms with van der Waals surface area (Å²) in [6, 6.07) is 18.9. The summed E-state index contributed by atoms with van der Waals surface area (Å²) in [7, 11) is 0. The minimum atomic E-state index is -0.447. The number of hydrogen-bond acceptors (Lipinski definition) is 7. The normalized spacial score (nSPS) is 19.5. The van der Waals surface area contributed by atoms with Crippen LogP contribution >= 0.6 is 11.3 Å². The SMILES string of the molecule is O=C1NCCN(C(=O)c2cn3ccccc3n2)CCCOc2cccc(c2)[C@H]2CN(C(=O)c3ccc4ncsc4c3)C[C@H]12. The second-order valence-electron chi connectivity index (χ2n) is 10.9. The molecule has 3 aromatic heterocycles. The predicted octanol–water partition coefficient (Wildman–Crippen LogP) is 3.84. The van der Waals surface area contributed by atoms with E-state index in [1.54, 1.807) is 27.6 Å². The summed E-state index contributed by atoms with van der Waals surface area (Å²) in [5.41, 5.74) is 5.23. The van der Waals surface area contributed by atoms with Gasteiger partial charge in [-0.3, -0.25) is 14.4 Å². The zero-order valence-electron chi connectivity index (χ0n) is 23.4. The second kappa shape index (κ2) is 11.5. The Kier molecular flexibility index (Phi) is 7.23. The van der Waals surface area contributed by atoms with Crippen LogP contribution in [0.4, 0.5) is 0 Å².